The molecule has 1 atom stereocenters. The van der Waals surface area contributed by atoms with Crippen LogP contribution in [0.25, 0.3) is 0 Å². The highest BCUT2D eigenvalue weighted by Gasteiger charge is 2.13. The average Bonchev–Trinajstić information content (AvgIpc) is 2.64. The van der Waals surface area contributed by atoms with Gasteiger partial charge in [-0.05, 0) is 23.1 Å². The first-order valence-electron chi connectivity index (χ1n) is 8.48. The van der Waals surface area contributed by atoms with Crippen molar-refractivity contribution in [3.63, 3.8) is 0 Å². The molecule has 4 N–H and O–H groups in total. The highest BCUT2D eigenvalue weighted by molar-refractivity contribution is 5.81. The number of nitro benzene ring substituents is 1. The Kier molecular flexibility index (Phi) is 6.68. The third kappa shape index (κ3) is 5.29. The number of hydrogen-bond acceptors (Lipinski definition) is 5. The largest absolute Gasteiger partial charge is 0.371 e. The van der Waals surface area contributed by atoms with Gasteiger partial charge in [-0.15, -0.1) is 0 Å². The van der Waals surface area contributed by atoms with Crippen LogP contribution in [0.5, 0.6) is 0 Å². The summed E-state index contributed by atoms with van der Waals surface area (Å²) in [4.78, 5) is 22.4. The lowest BCUT2D eigenvalue weighted by Gasteiger charge is -2.15. The number of nitrogens with zero attached hydrogens (tertiary/aromatic N) is 1. The monoisotopic (exact) mass is 356 g/mol. The van der Waals surface area contributed by atoms with E-state index >= 15 is 0 Å². The van der Waals surface area contributed by atoms with E-state index in [1.165, 1.54) is 11.6 Å². The SMILES string of the molecule is CC(C)c1ccc(C(N)CNC(=O)CNc2ccccc2[N+](=O)[O-])cc1. The van der Waals surface area contributed by atoms with E-state index < -0.39 is 4.92 Å². The van der Waals surface area contributed by atoms with Crippen molar-refractivity contribution < 1.29 is 9.72 Å². The van der Waals surface area contributed by atoms with Crippen molar-refractivity contribution in [2.45, 2.75) is 25.8 Å². The van der Waals surface area contributed by atoms with Gasteiger partial charge in [0.05, 0.1) is 11.5 Å². The van der Waals surface area contributed by atoms with Crippen LogP contribution in [0.2, 0.25) is 0 Å². The van der Waals surface area contributed by atoms with Gasteiger partial charge in [0.1, 0.15) is 5.69 Å². The van der Waals surface area contributed by atoms with E-state index in [0.29, 0.717) is 18.2 Å². The van der Waals surface area contributed by atoms with Crippen LogP contribution >= 0.6 is 0 Å². The number of para-hydroxylation sites is 2. The lowest BCUT2D eigenvalue weighted by Crippen LogP contribution is -2.35. The second-order valence-electron chi connectivity index (χ2n) is 6.36. The molecule has 0 aliphatic carbocycles. The minimum atomic E-state index is -0.489. The van der Waals surface area contributed by atoms with Crippen molar-refractivity contribution in [3.05, 3.63) is 69.8 Å². The summed E-state index contributed by atoms with van der Waals surface area (Å²) in [6.07, 6.45) is 0. The van der Waals surface area contributed by atoms with Gasteiger partial charge in [-0.3, -0.25) is 14.9 Å². The summed E-state index contributed by atoms with van der Waals surface area (Å²) < 4.78 is 0. The van der Waals surface area contributed by atoms with Gasteiger partial charge in [0.2, 0.25) is 5.91 Å². The van der Waals surface area contributed by atoms with Crippen LogP contribution in [0.3, 0.4) is 0 Å². The number of carbonyl (C=O) groups excluding carboxylic acids is 1. The first-order chi connectivity index (χ1) is 12.4. The van der Waals surface area contributed by atoms with E-state index in [-0.39, 0.29) is 24.2 Å². The summed E-state index contributed by atoms with van der Waals surface area (Å²) in [5.74, 6) is 0.172. The third-order valence-corrected chi connectivity index (χ3v) is 4.09. The van der Waals surface area contributed by atoms with Gasteiger partial charge in [0, 0.05) is 18.7 Å². The summed E-state index contributed by atoms with van der Waals surface area (Å²) in [6, 6.07) is 13.9. The fourth-order valence-corrected chi connectivity index (χ4v) is 2.49. The summed E-state index contributed by atoms with van der Waals surface area (Å²) in [5, 5.41) is 16.5. The number of amides is 1. The fraction of sp³-hybridized carbons (Fsp3) is 0.316. The highest BCUT2D eigenvalue weighted by atomic mass is 16.6. The molecule has 0 aliphatic heterocycles. The van der Waals surface area contributed by atoms with E-state index in [0.717, 1.165) is 5.56 Å². The maximum atomic E-state index is 12.0. The molecule has 2 aromatic rings. The van der Waals surface area contributed by atoms with Crippen LogP contribution in [0.4, 0.5) is 11.4 Å². The van der Waals surface area contributed by atoms with Crippen molar-refractivity contribution in [2.24, 2.45) is 5.73 Å². The molecule has 7 nitrogen and oxygen atoms in total. The Balaban J connectivity index is 1.84. The Morgan fingerprint density at radius 3 is 2.35 bits per heavy atom. The average molecular weight is 356 g/mol. The van der Waals surface area contributed by atoms with Gasteiger partial charge < -0.3 is 16.4 Å². The van der Waals surface area contributed by atoms with E-state index in [4.69, 9.17) is 5.73 Å². The number of carbonyl (C=O) groups is 1. The standard InChI is InChI=1S/C19H24N4O3/c1-13(2)14-7-9-15(10-8-14)16(20)11-22-19(24)12-21-17-5-3-4-6-18(17)23(25)26/h3-10,13,16,21H,11-12,20H2,1-2H3,(H,22,24). The maximum Gasteiger partial charge on any atom is 0.292 e. The Morgan fingerprint density at radius 2 is 1.73 bits per heavy atom. The van der Waals surface area contributed by atoms with Crippen LogP contribution in [0.15, 0.2) is 48.5 Å². The number of nitrogens with one attached hydrogen (secondary N) is 2. The Hall–Kier alpha value is -2.93. The van der Waals surface area contributed by atoms with E-state index in [1.807, 2.05) is 24.3 Å². The molecular weight excluding hydrogens is 332 g/mol. The van der Waals surface area contributed by atoms with Crippen molar-refractivity contribution in [2.75, 3.05) is 18.4 Å². The number of nitro groups is 1. The molecule has 0 radical (unpaired) electrons. The van der Waals surface area contributed by atoms with Gasteiger partial charge in [-0.1, -0.05) is 50.2 Å². The minimum absolute atomic E-state index is 0.0656. The second kappa shape index (κ2) is 8.96. The molecule has 0 aliphatic rings. The van der Waals surface area contributed by atoms with Gasteiger partial charge >= 0.3 is 0 Å². The zero-order chi connectivity index (χ0) is 19.1. The zero-order valence-electron chi connectivity index (χ0n) is 14.9. The molecule has 0 saturated heterocycles. The molecule has 0 bridgehead atoms. The van der Waals surface area contributed by atoms with Gasteiger partial charge in [-0.2, -0.15) is 0 Å². The molecule has 0 fully saturated rings. The lowest BCUT2D eigenvalue weighted by atomic mass is 9.99. The minimum Gasteiger partial charge on any atom is -0.371 e. The molecule has 2 aromatic carbocycles. The van der Waals surface area contributed by atoms with Crippen LogP contribution in [-0.4, -0.2) is 23.9 Å². The van der Waals surface area contributed by atoms with E-state index in [2.05, 4.69) is 24.5 Å². The molecule has 26 heavy (non-hydrogen) atoms. The quantitative estimate of drug-likeness (QED) is 0.497. The predicted molar refractivity (Wildman–Crippen MR) is 102 cm³/mol. The molecule has 7 heteroatoms. The predicted octanol–water partition coefficient (Wildman–Crippen LogP) is 2.95. The molecule has 0 aromatic heterocycles. The third-order valence-electron chi connectivity index (χ3n) is 4.09. The smallest absolute Gasteiger partial charge is 0.292 e. The summed E-state index contributed by atoms with van der Waals surface area (Å²) in [6.45, 7) is 4.47. The Labute approximate surface area is 152 Å². The topological polar surface area (TPSA) is 110 Å². The van der Waals surface area contributed by atoms with Gasteiger partial charge in [0.15, 0.2) is 0 Å². The van der Waals surface area contributed by atoms with Crippen molar-refractivity contribution in [3.8, 4) is 0 Å². The van der Waals surface area contributed by atoms with E-state index in [9.17, 15) is 14.9 Å². The summed E-state index contributed by atoms with van der Waals surface area (Å²) in [5.41, 5.74) is 8.54. The number of hydrogen-bond donors (Lipinski definition) is 3. The van der Waals surface area contributed by atoms with Crippen LogP contribution in [0.1, 0.15) is 36.9 Å². The lowest BCUT2D eigenvalue weighted by molar-refractivity contribution is -0.383. The molecule has 138 valence electrons. The molecular formula is C19H24N4O3. The van der Waals surface area contributed by atoms with Crippen LogP contribution in [0, 0.1) is 10.1 Å². The maximum absolute atomic E-state index is 12.0. The van der Waals surface area contributed by atoms with E-state index in [1.54, 1.807) is 18.2 Å². The molecule has 1 amide bonds. The number of nitrogens with two attached hydrogens (primary N) is 1. The first-order valence-corrected chi connectivity index (χ1v) is 8.48. The zero-order valence-corrected chi connectivity index (χ0v) is 14.9. The van der Waals surface area contributed by atoms with Crippen LogP contribution < -0.4 is 16.4 Å². The molecule has 0 spiro atoms. The van der Waals surface area contributed by atoms with Crippen molar-refractivity contribution in [1.82, 2.24) is 5.32 Å². The number of benzene rings is 2. The second-order valence-corrected chi connectivity index (χ2v) is 6.36. The van der Waals surface area contributed by atoms with Gasteiger partial charge in [0.25, 0.3) is 5.69 Å². The van der Waals surface area contributed by atoms with Crippen LogP contribution in [-0.2, 0) is 4.79 Å². The molecule has 0 heterocycles. The summed E-state index contributed by atoms with van der Waals surface area (Å²) >= 11 is 0. The summed E-state index contributed by atoms with van der Waals surface area (Å²) in [7, 11) is 0. The first kappa shape index (κ1) is 19.4. The molecule has 0 saturated carbocycles. The van der Waals surface area contributed by atoms with Crippen molar-refractivity contribution in [1.29, 1.82) is 0 Å². The highest BCUT2D eigenvalue weighted by Crippen LogP contribution is 2.22. The normalized spacial score (nSPS) is 11.8. The fourth-order valence-electron chi connectivity index (χ4n) is 2.49. The Morgan fingerprint density at radius 1 is 1.12 bits per heavy atom. The number of anilines is 1. The van der Waals surface area contributed by atoms with Crippen molar-refractivity contribution >= 4 is 17.3 Å². The number of rotatable bonds is 8. The Bertz CT molecular complexity index is 760. The molecule has 2 rings (SSSR count). The molecule has 1 unspecified atom stereocenters. The van der Waals surface area contributed by atoms with Gasteiger partial charge in [-0.25, -0.2) is 0 Å².